The van der Waals surface area contributed by atoms with Gasteiger partial charge in [-0.15, -0.1) is 0 Å². The number of carbonyl (C=O) groups excluding carboxylic acids is 1. The molecule has 0 aromatic heterocycles. The van der Waals surface area contributed by atoms with Gasteiger partial charge >= 0.3 is 6.03 Å². The van der Waals surface area contributed by atoms with Crippen LogP contribution in [0.25, 0.3) is 0 Å². The van der Waals surface area contributed by atoms with Crippen molar-refractivity contribution in [2.75, 3.05) is 51.7 Å². The Morgan fingerprint density at radius 1 is 1.25 bits per heavy atom. The molecule has 1 aliphatic rings. The fourth-order valence-electron chi connectivity index (χ4n) is 2.14. The molecule has 0 saturated carbocycles. The molecule has 1 fully saturated rings. The number of ether oxygens (including phenoxy) is 1. The molecule has 1 heterocycles. The lowest BCUT2D eigenvalue weighted by molar-refractivity contribution is 0.134. The smallest absolute Gasteiger partial charge is 0.316 e. The molecule has 20 heavy (non-hydrogen) atoms. The van der Waals surface area contributed by atoms with Crippen molar-refractivity contribution in [1.29, 1.82) is 0 Å². The normalized spacial score (nSPS) is 16.9. The fraction of sp³-hybridized carbons (Fsp3) is 0.500. The van der Waals surface area contributed by atoms with Gasteiger partial charge in [-0.1, -0.05) is 0 Å². The first-order chi connectivity index (χ1) is 9.63. The highest BCUT2D eigenvalue weighted by Gasteiger charge is 2.13. The number of amides is 2. The summed E-state index contributed by atoms with van der Waals surface area (Å²) < 4.78 is 5.70. The minimum Gasteiger partial charge on any atom is -0.492 e. The lowest BCUT2D eigenvalue weighted by Gasteiger charge is -2.32. The maximum absolute atomic E-state index is 10.7. The Labute approximate surface area is 119 Å². The molecule has 1 saturated heterocycles. The summed E-state index contributed by atoms with van der Waals surface area (Å²) in [5.74, 6) is 0.800. The number of primary amides is 1. The first-order valence-electron chi connectivity index (χ1n) is 6.84. The Morgan fingerprint density at radius 2 is 1.90 bits per heavy atom. The standard InChI is InChI=1S/C14H22N4O2/c1-17-6-8-18(9-7-17)10-11-20-13-4-2-12(3-5-13)16-14(15)19/h2-5H,6-11H2,1H3,(H3,15,16,19). The molecule has 1 aromatic carbocycles. The van der Waals surface area contributed by atoms with Crippen LogP contribution in [0.2, 0.25) is 0 Å². The van der Waals surface area contributed by atoms with Gasteiger partial charge < -0.3 is 20.7 Å². The van der Waals surface area contributed by atoms with Crippen LogP contribution < -0.4 is 15.8 Å². The summed E-state index contributed by atoms with van der Waals surface area (Å²) >= 11 is 0. The van der Waals surface area contributed by atoms with Crippen LogP contribution in [0.1, 0.15) is 0 Å². The molecule has 0 aliphatic carbocycles. The molecule has 3 N–H and O–H groups in total. The Balaban J connectivity index is 1.70. The van der Waals surface area contributed by atoms with Crippen LogP contribution in [0, 0.1) is 0 Å². The molecule has 0 radical (unpaired) electrons. The number of anilines is 1. The Kier molecular flexibility index (Phi) is 5.20. The van der Waals surface area contributed by atoms with Crippen LogP contribution in [-0.2, 0) is 0 Å². The molecule has 6 nitrogen and oxygen atoms in total. The average molecular weight is 278 g/mol. The number of nitrogens with one attached hydrogen (secondary N) is 1. The van der Waals surface area contributed by atoms with Crippen molar-refractivity contribution in [2.45, 2.75) is 0 Å². The van der Waals surface area contributed by atoms with E-state index < -0.39 is 6.03 Å². The zero-order valence-corrected chi connectivity index (χ0v) is 11.8. The summed E-state index contributed by atoms with van der Waals surface area (Å²) in [6, 6.07) is 6.64. The van der Waals surface area contributed by atoms with E-state index >= 15 is 0 Å². The summed E-state index contributed by atoms with van der Waals surface area (Å²) in [6.45, 7) is 6.05. The SMILES string of the molecule is CN1CCN(CCOc2ccc(NC(N)=O)cc2)CC1. The molecule has 0 atom stereocenters. The molecule has 6 heteroatoms. The van der Waals surface area contributed by atoms with E-state index in [1.165, 1.54) is 0 Å². The second kappa shape index (κ2) is 7.12. The zero-order chi connectivity index (χ0) is 14.4. The van der Waals surface area contributed by atoms with Crippen molar-refractivity contribution in [3.8, 4) is 5.75 Å². The minimum absolute atomic E-state index is 0.561. The lowest BCUT2D eigenvalue weighted by Crippen LogP contribution is -2.45. The van der Waals surface area contributed by atoms with Gasteiger partial charge in [0.05, 0.1) is 0 Å². The first-order valence-corrected chi connectivity index (χ1v) is 6.84. The third-order valence-corrected chi connectivity index (χ3v) is 3.39. The summed E-state index contributed by atoms with van der Waals surface area (Å²) in [5.41, 5.74) is 5.72. The van der Waals surface area contributed by atoms with Gasteiger partial charge in [0.25, 0.3) is 0 Å². The molecule has 2 amide bonds. The van der Waals surface area contributed by atoms with Crippen molar-refractivity contribution in [2.24, 2.45) is 5.73 Å². The van der Waals surface area contributed by atoms with Gasteiger partial charge in [0.15, 0.2) is 0 Å². The quantitative estimate of drug-likeness (QED) is 0.836. The van der Waals surface area contributed by atoms with Gasteiger partial charge in [0.1, 0.15) is 12.4 Å². The first kappa shape index (κ1) is 14.6. The van der Waals surface area contributed by atoms with Crippen LogP contribution in [0.3, 0.4) is 0 Å². The van der Waals surface area contributed by atoms with Crippen molar-refractivity contribution in [1.82, 2.24) is 9.80 Å². The Morgan fingerprint density at radius 3 is 2.50 bits per heavy atom. The fourth-order valence-corrected chi connectivity index (χ4v) is 2.14. The monoisotopic (exact) mass is 278 g/mol. The van der Waals surface area contributed by atoms with E-state index in [0.29, 0.717) is 12.3 Å². The number of piperazine rings is 1. The molecule has 1 aliphatic heterocycles. The number of hydrogen-bond donors (Lipinski definition) is 2. The molecular formula is C14H22N4O2. The summed E-state index contributed by atoms with van der Waals surface area (Å²) in [5, 5.41) is 2.51. The van der Waals surface area contributed by atoms with Crippen LogP contribution in [0.4, 0.5) is 10.5 Å². The maximum atomic E-state index is 10.7. The van der Waals surface area contributed by atoms with Crippen molar-refractivity contribution in [3.63, 3.8) is 0 Å². The van der Waals surface area contributed by atoms with Crippen molar-refractivity contribution >= 4 is 11.7 Å². The zero-order valence-electron chi connectivity index (χ0n) is 11.8. The molecule has 0 bridgehead atoms. The largest absolute Gasteiger partial charge is 0.492 e. The molecule has 110 valence electrons. The molecular weight excluding hydrogens is 256 g/mol. The molecule has 1 aromatic rings. The maximum Gasteiger partial charge on any atom is 0.316 e. The van der Waals surface area contributed by atoms with E-state index in [-0.39, 0.29) is 0 Å². The molecule has 0 spiro atoms. The van der Waals surface area contributed by atoms with Crippen LogP contribution in [-0.4, -0.2) is 62.2 Å². The Hall–Kier alpha value is -1.79. The number of urea groups is 1. The third kappa shape index (κ3) is 4.71. The van der Waals surface area contributed by atoms with Gasteiger partial charge in [-0.2, -0.15) is 0 Å². The number of nitrogens with zero attached hydrogens (tertiary/aromatic N) is 2. The van der Waals surface area contributed by atoms with Crippen molar-refractivity contribution < 1.29 is 9.53 Å². The van der Waals surface area contributed by atoms with E-state index in [0.717, 1.165) is 38.5 Å². The summed E-state index contributed by atoms with van der Waals surface area (Å²) in [6.07, 6.45) is 0. The van der Waals surface area contributed by atoms with Gasteiger partial charge in [-0.3, -0.25) is 4.90 Å². The summed E-state index contributed by atoms with van der Waals surface area (Å²) in [4.78, 5) is 15.4. The highest BCUT2D eigenvalue weighted by Crippen LogP contribution is 2.15. The van der Waals surface area contributed by atoms with Gasteiger partial charge in [-0.25, -0.2) is 4.79 Å². The summed E-state index contributed by atoms with van der Waals surface area (Å²) in [7, 11) is 2.15. The molecule has 0 unspecified atom stereocenters. The van der Waals surface area contributed by atoms with Gasteiger partial charge in [0, 0.05) is 38.4 Å². The predicted molar refractivity (Wildman–Crippen MR) is 79.1 cm³/mol. The van der Waals surface area contributed by atoms with Gasteiger partial charge in [0.2, 0.25) is 0 Å². The number of likely N-dealkylation sites (N-methyl/N-ethyl adjacent to an activating group) is 1. The number of benzene rings is 1. The van der Waals surface area contributed by atoms with Crippen LogP contribution >= 0.6 is 0 Å². The van der Waals surface area contributed by atoms with E-state index in [9.17, 15) is 4.79 Å². The lowest BCUT2D eigenvalue weighted by atomic mass is 10.3. The van der Waals surface area contributed by atoms with E-state index in [2.05, 4.69) is 22.2 Å². The van der Waals surface area contributed by atoms with E-state index in [1.807, 2.05) is 12.1 Å². The molecule has 2 rings (SSSR count). The van der Waals surface area contributed by atoms with E-state index in [1.54, 1.807) is 12.1 Å². The topological polar surface area (TPSA) is 70.8 Å². The van der Waals surface area contributed by atoms with Crippen LogP contribution in [0.5, 0.6) is 5.75 Å². The second-order valence-electron chi connectivity index (χ2n) is 5.01. The highest BCUT2D eigenvalue weighted by atomic mass is 16.5. The number of carbonyl (C=O) groups is 1. The average Bonchev–Trinajstić information content (AvgIpc) is 2.42. The number of hydrogen-bond acceptors (Lipinski definition) is 4. The van der Waals surface area contributed by atoms with Gasteiger partial charge in [-0.05, 0) is 31.3 Å². The Bertz CT molecular complexity index is 427. The minimum atomic E-state index is -0.561. The number of nitrogens with two attached hydrogens (primary N) is 1. The number of rotatable bonds is 5. The second-order valence-corrected chi connectivity index (χ2v) is 5.01. The third-order valence-electron chi connectivity index (χ3n) is 3.39. The highest BCUT2D eigenvalue weighted by molar-refractivity contribution is 5.87. The predicted octanol–water partition coefficient (Wildman–Crippen LogP) is 0.803. The van der Waals surface area contributed by atoms with Crippen LogP contribution in [0.15, 0.2) is 24.3 Å². The van der Waals surface area contributed by atoms with Crippen molar-refractivity contribution in [3.05, 3.63) is 24.3 Å². The van der Waals surface area contributed by atoms with E-state index in [4.69, 9.17) is 10.5 Å².